The Morgan fingerprint density at radius 1 is 1.16 bits per heavy atom. The Labute approximate surface area is 145 Å². The predicted octanol–water partition coefficient (Wildman–Crippen LogP) is 0.00250. The molecule has 1 aromatic carbocycles. The summed E-state index contributed by atoms with van der Waals surface area (Å²) in [5, 5.41) is 10.9. The molecule has 1 aromatic heterocycles. The normalized spacial score (nSPS) is 23.2. The summed E-state index contributed by atoms with van der Waals surface area (Å²) in [4.78, 5) is 0.122. The maximum atomic E-state index is 13.2. The highest BCUT2D eigenvalue weighted by atomic mass is 32.2. The Bertz CT molecular complexity index is 984. The van der Waals surface area contributed by atoms with Crippen molar-refractivity contribution in [3.63, 3.8) is 0 Å². The average Bonchev–Trinajstić information content (AvgIpc) is 3.09. The largest absolute Gasteiger partial charge is 0.243 e. The van der Waals surface area contributed by atoms with E-state index < -0.39 is 25.9 Å². The molecule has 1 saturated heterocycles. The van der Waals surface area contributed by atoms with Gasteiger partial charge in [0.25, 0.3) is 0 Å². The second-order valence-corrected chi connectivity index (χ2v) is 10.4. The number of rotatable bonds is 5. The first-order chi connectivity index (χ1) is 11.9. The Hall–Kier alpha value is -1.85. The Balaban J connectivity index is 1.71. The molecule has 25 heavy (non-hydrogen) atoms. The van der Waals surface area contributed by atoms with Gasteiger partial charge < -0.3 is 0 Å². The fourth-order valence-corrected chi connectivity index (χ4v) is 6.93. The van der Waals surface area contributed by atoms with E-state index in [9.17, 15) is 16.8 Å². The quantitative estimate of drug-likeness (QED) is 0.714. The third-order valence-corrected chi connectivity index (χ3v) is 8.23. The topological polar surface area (TPSA) is 115 Å². The van der Waals surface area contributed by atoms with Crippen molar-refractivity contribution in [2.75, 3.05) is 11.5 Å². The molecule has 1 aliphatic carbocycles. The summed E-state index contributed by atoms with van der Waals surface area (Å²) in [6, 6.07) is 5.75. The molecule has 0 spiro atoms. The summed E-state index contributed by atoms with van der Waals surface area (Å²) in [6.45, 7) is 0. The molecule has 2 heterocycles. The lowest BCUT2D eigenvalue weighted by atomic mass is 10.2. The number of benzene rings is 1. The average molecular weight is 383 g/mol. The van der Waals surface area contributed by atoms with Crippen LogP contribution in [0.2, 0.25) is 0 Å². The molecule has 134 valence electrons. The van der Waals surface area contributed by atoms with Crippen molar-refractivity contribution in [1.29, 1.82) is 0 Å². The SMILES string of the molecule is O=S1(=O)CCC(N(C2CC2)S(=O)(=O)c2cccc(-n3cnnn3)c2)C1. The van der Waals surface area contributed by atoms with Crippen LogP contribution in [0.5, 0.6) is 0 Å². The fraction of sp³-hybridized carbons (Fsp3) is 0.500. The van der Waals surface area contributed by atoms with Gasteiger partial charge in [0.2, 0.25) is 10.0 Å². The lowest BCUT2D eigenvalue weighted by Gasteiger charge is -2.27. The Kier molecular flexibility index (Phi) is 3.89. The van der Waals surface area contributed by atoms with E-state index in [0.29, 0.717) is 12.1 Å². The second-order valence-electron chi connectivity index (χ2n) is 6.37. The van der Waals surface area contributed by atoms with Crippen LogP contribution in [0.4, 0.5) is 0 Å². The summed E-state index contributed by atoms with van der Waals surface area (Å²) in [5.41, 5.74) is 0.529. The summed E-state index contributed by atoms with van der Waals surface area (Å²) in [6.07, 6.45) is 3.27. The molecule has 1 atom stereocenters. The molecule has 11 heteroatoms. The third-order valence-electron chi connectivity index (χ3n) is 4.48. The lowest BCUT2D eigenvalue weighted by Crippen LogP contribution is -2.42. The number of sulfone groups is 1. The smallest absolute Gasteiger partial charge is 0.229 e. The van der Waals surface area contributed by atoms with Crippen molar-refractivity contribution in [3.05, 3.63) is 30.6 Å². The van der Waals surface area contributed by atoms with Crippen LogP contribution < -0.4 is 0 Å². The predicted molar refractivity (Wildman–Crippen MR) is 88.3 cm³/mol. The Morgan fingerprint density at radius 3 is 2.56 bits per heavy atom. The van der Waals surface area contributed by atoms with Gasteiger partial charge in [-0.2, -0.15) is 4.31 Å². The van der Waals surface area contributed by atoms with Gasteiger partial charge in [-0.25, -0.2) is 21.5 Å². The van der Waals surface area contributed by atoms with Crippen LogP contribution in [0.3, 0.4) is 0 Å². The molecule has 1 unspecified atom stereocenters. The van der Waals surface area contributed by atoms with Gasteiger partial charge in [0.05, 0.1) is 22.1 Å². The van der Waals surface area contributed by atoms with E-state index in [1.165, 1.54) is 27.4 Å². The van der Waals surface area contributed by atoms with Crippen molar-refractivity contribution in [3.8, 4) is 5.69 Å². The van der Waals surface area contributed by atoms with Crippen molar-refractivity contribution < 1.29 is 16.8 Å². The zero-order valence-electron chi connectivity index (χ0n) is 13.3. The molecule has 2 fully saturated rings. The zero-order chi connectivity index (χ0) is 17.7. The summed E-state index contributed by atoms with van der Waals surface area (Å²) < 4.78 is 52.8. The van der Waals surface area contributed by atoms with Crippen molar-refractivity contribution in [2.24, 2.45) is 0 Å². The minimum absolute atomic E-state index is 0.0427. The van der Waals surface area contributed by atoms with Crippen LogP contribution in [0.15, 0.2) is 35.5 Å². The number of sulfonamides is 1. The number of hydrogen-bond donors (Lipinski definition) is 0. The van der Waals surface area contributed by atoms with E-state index >= 15 is 0 Å². The molecule has 0 amide bonds. The van der Waals surface area contributed by atoms with Crippen molar-refractivity contribution in [2.45, 2.75) is 36.2 Å². The highest BCUT2D eigenvalue weighted by Gasteiger charge is 2.46. The highest BCUT2D eigenvalue weighted by Crippen LogP contribution is 2.37. The monoisotopic (exact) mass is 383 g/mol. The van der Waals surface area contributed by atoms with Gasteiger partial charge in [-0.05, 0) is 47.9 Å². The molecular formula is C14H17N5O4S2. The first-order valence-electron chi connectivity index (χ1n) is 7.94. The number of nitrogens with zero attached hydrogens (tertiary/aromatic N) is 5. The van der Waals surface area contributed by atoms with Gasteiger partial charge in [-0.15, -0.1) is 5.10 Å². The van der Waals surface area contributed by atoms with Crippen LogP contribution in [0, 0.1) is 0 Å². The Morgan fingerprint density at radius 2 is 1.96 bits per heavy atom. The standard InChI is InChI=1S/C14H17N5O4S2/c20-24(21)7-6-13(9-24)19(11-4-5-11)25(22,23)14-3-1-2-12(8-14)18-10-15-16-17-18/h1-3,8,10-11,13H,4-7,9H2. The molecule has 2 aliphatic rings. The third kappa shape index (κ3) is 3.18. The molecule has 4 rings (SSSR count). The van der Waals surface area contributed by atoms with Gasteiger partial charge in [0.1, 0.15) is 6.33 Å². The second kappa shape index (κ2) is 5.85. The highest BCUT2D eigenvalue weighted by molar-refractivity contribution is 7.92. The van der Waals surface area contributed by atoms with Crippen LogP contribution in [0.1, 0.15) is 19.3 Å². The molecule has 0 N–H and O–H groups in total. The van der Waals surface area contributed by atoms with Gasteiger partial charge in [-0.1, -0.05) is 6.07 Å². The van der Waals surface area contributed by atoms with Crippen LogP contribution >= 0.6 is 0 Å². The summed E-state index contributed by atoms with van der Waals surface area (Å²) >= 11 is 0. The van der Waals surface area contributed by atoms with Crippen molar-refractivity contribution in [1.82, 2.24) is 24.5 Å². The molecule has 0 bridgehead atoms. The summed E-state index contributed by atoms with van der Waals surface area (Å²) in [7, 11) is -6.97. The van der Waals surface area contributed by atoms with E-state index in [4.69, 9.17) is 0 Å². The van der Waals surface area contributed by atoms with Crippen LogP contribution in [-0.4, -0.2) is 64.9 Å². The molecule has 0 radical (unpaired) electrons. The van der Waals surface area contributed by atoms with Gasteiger partial charge >= 0.3 is 0 Å². The minimum Gasteiger partial charge on any atom is -0.229 e. The van der Waals surface area contributed by atoms with Crippen LogP contribution in [-0.2, 0) is 19.9 Å². The fourth-order valence-electron chi connectivity index (χ4n) is 3.18. The lowest BCUT2D eigenvalue weighted by molar-refractivity contribution is 0.332. The van der Waals surface area contributed by atoms with E-state index in [0.717, 1.165) is 12.8 Å². The number of hydrogen-bond acceptors (Lipinski definition) is 7. The maximum Gasteiger partial charge on any atom is 0.243 e. The number of tetrazole rings is 1. The van der Waals surface area contributed by atoms with Gasteiger partial charge in [-0.3, -0.25) is 0 Å². The van der Waals surface area contributed by atoms with E-state index in [1.807, 2.05) is 0 Å². The molecular weight excluding hydrogens is 366 g/mol. The first-order valence-corrected chi connectivity index (χ1v) is 11.2. The molecule has 9 nitrogen and oxygen atoms in total. The van der Waals surface area contributed by atoms with Crippen LogP contribution in [0.25, 0.3) is 5.69 Å². The molecule has 1 aliphatic heterocycles. The van der Waals surface area contributed by atoms with E-state index in [-0.39, 0.29) is 22.4 Å². The molecule has 1 saturated carbocycles. The van der Waals surface area contributed by atoms with E-state index in [2.05, 4.69) is 15.5 Å². The number of aromatic nitrogens is 4. The van der Waals surface area contributed by atoms with Crippen molar-refractivity contribution >= 4 is 19.9 Å². The minimum atomic E-state index is -3.80. The molecule has 2 aromatic rings. The summed E-state index contributed by atoms with van der Waals surface area (Å²) in [5.74, 6) is -0.0590. The van der Waals surface area contributed by atoms with E-state index in [1.54, 1.807) is 12.1 Å². The zero-order valence-corrected chi connectivity index (χ0v) is 14.9. The maximum absolute atomic E-state index is 13.2. The first kappa shape index (κ1) is 16.6. The van der Waals surface area contributed by atoms with Gasteiger partial charge in [0, 0.05) is 12.1 Å². The van der Waals surface area contributed by atoms with Gasteiger partial charge in [0.15, 0.2) is 9.84 Å².